The van der Waals surface area contributed by atoms with E-state index in [2.05, 4.69) is 55.6 Å². The van der Waals surface area contributed by atoms with Crippen molar-refractivity contribution in [2.24, 2.45) is 0 Å². The van der Waals surface area contributed by atoms with Crippen molar-refractivity contribution in [1.82, 2.24) is 5.32 Å². The van der Waals surface area contributed by atoms with Crippen molar-refractivity contribution in [1.29, 1.82) is 0 Å². The van der Waals surface area contributed by atoms with Crippen LogP contribution in [-0.4, -0.2) is 47.4 Å². The topological polar surface area (TPSA) is 95.9 Å². The van der Waals surface area contributed by atoms with Crippen molar-refractivity contribution in [3.05, 3.63) is 36.5 Å². The molecule has 0 aromatic heterocycles. The Kier molecular flexibility index (Phi) is 81.8. The van der Waals surface area contributed by atoms with Gasteiger partial charge in [0.1, 0.15) is 0 Å². The second-order valence-corrected chi connectivity index (χ2v) is 29.9. The fourth-order valence-electron chi connectivity index (χ4n) is 13.8. The molecular weight excluding hydrogens is 1150 g/mol. The lowest BCUT2D eigenvalue weighted by molar-refractivity contribution is -0.143. The maximum Gasteiger partial charge on any atom is 0.305 e. The summed E-state index contributed by atoms with van der Waals surface area (Å²) in [6, 6.07) is -0.541. The molecule has 0 spiro atoms. The van der Waals surface area contributed by atoms with Gasteiger partial charge in [-0.2, -0.15) is 0 Å². The van der Waals surface area contributed by atoms with Gasteiger partial charge in [-0.1, -0.05) is 429 Å². The van der Waals surface area contributed by atoms with Crippen LogP contribution in [0, 0.1) is 0 Å². The molecule has 556 valence electrons. The number of carbonyl (C=O) groups excluding carboxylic acids is 2. The molecule has 0 aromatic carbocycles. The summed E-state index contributed by atoms with van der Waals surface area (Å²) in [6.45, 7) is 5.00. The zero-order chi connectivity index (χ0) is 67.7. The molecule has 0 heterocycles. The van der Waals surface area contributed by atoms with E-state index in [-0.39, 0.29) is 18.5 Å². The van der Waals surface area contributed by atoms with Gasteiger partial charge in [0.25, 0.3) is 0 Å². The highest BCUT2D eigenvalue weighted by Crippen LogP contribution is 2.21. The Bertz CT molecular complexity index is 1520. The zero-order valence-corrected chi connectivity index (χ0v) is 64.0. The summed E-state index contributed by atoms with van der Waals surface area (Å²) < 4.78 is 5.50. The Morgan fingerprint density at radius 2 is 0.532 bits per heavy atom. The number of ether oxygens (including phenoxy) is 1. The van der Waals surface area contributed by atoms with Gasteiger partial charge in [-0.25, -0.2) is 0 Å². The van der Waals surface area contributed by atoms with Gasteiger partial charge in [-0.3, -0.25) is 9.59 Å². The number of esters is 1. The first-order chi connectivity index (χ1) is 46.5. The fraction of sp³-hybridized carbons (Fsp3) is 0.909. The predicted molar refractivity (Wildman–Crippen MR) is 416 cm³/mol. The van der Waals surface area contributed by atoms with Crippen LogP contribution >= 0.6 is 0 Å². The fourth-order valence-corrected chi connectivity index (χ4v) is 13.8. The van der Waals surface area contributed by atoms with Crippen molar-refractivity contribution >= 4 is 11.9 Å². The highest BCUT2D eigenvalue weighted by Gasteiger charge is 2.20. The van der Waals surface area contributed by atoms with Crippen LogP contribution in [0.4, 0.5) is 0 Å². The largest absolute Gasteiger partial charge is 0.466 e. The van der Waals surface area contributed by atoms with Crippen LogP contribution in [0.2, 0.25) is 0 Å². The second kappa shape index (κ2) is 83.5. The molecule has 6 nitrogen and oxygen atoms in total. The van der Waals surface area contributed by atoms with E-state index in [0.717, 1.165) is 51.4 Å². The van der Waals surface area contributed by atoms with Gasteiger partial charge in [0.05, 0.1) is 25.4 Å². The number of carbonyl (C=O) groups is 2. The van der Waals surface area contributed by atoms with E-state index in [9.17, 15) is 19.8 Å². The van der Waals surface area contributed by atoms with Gasteiger partial charge >= 0.3 is 5.97 Å². The van der Waals surface area contributed by atoms with Gasteiger partial charge in [0.2, 0.25) is 5.91 Å². The number of amides is 1. The molecular formula is C88H169NO5. The molecule has 3 N–H and O–H groups in total. The van der Waals surface area contributed by atoms with Crippen LogP contribution in [0.3, 0.4) is 0 Å². The van der Waals surface area contributed by atoms with E-state index in [1.54, 1.807) is 0 Å². The van der Waals surface area contributed by atoms with Crippen LogP contribution < -0.4 is 5.32 Å². The molecule has 0 saturated heterocycles. The number of aliphatic hydroxyl groups excluding tert-OH is 2. The SMILES string of the molecule is CCCCCCCCC/C=C\CCCCCCCC(=O)OCCCCCCCCCCCCCCC/C=C\C/C=C\CCCCCCCCCCCCCCCCCCCC(=O)NC(CO)C(O)CCCCCCCCCCCCCCCCCCCCCCCCCC. The van der Waals surface area contributed by atoms with Gasteiger partial charge < -0.3 is 20.3 Å². The average Bonchev–Trinajstić information content (AvgIpc) is 3.79. The lowest BCUT2D eigenvalue weighted by Crippen LogP contribution is -2.45. The van der Waals surface area contributed by atoms with Gasteiger partial charge in [-0.15, -0.1) is 0 Å². The Morgan fingerprint density at radius 1 is 0.298 bits per heavy atom. The third-order valence-corrected chi connectivity index (χ3v) is 20.4. The van der Waals surface area contributed by atoms with Crippen molar-refractivity contribution in [2.45, 2.75) is 501 Å². The predicted octanol–water partition coefficient (Wildman–Crippen LogP) is 28.9. The van der Waals surface area contributed by atoms with Crippen LogP contribution in [0.15, 0.2) is 36.5 Å². The molecule has 1 amide bonds. The number of hydrogen-bond acceptors (Lipinski definition) is 5. The molecule has 2 unspecified atom stereocenters. The maximum absolute atomic E-state index is 12.6. The maximum atomic E-state index is 12.6. The quantitative estimate of drug-likeness (QED) is 0.0320. The van der Waals surface area contributed by atoms with Crippen molar-refractivity contribution < 1.29 is 24.5 Å². The third kappa shape index (κ3) is 79.1. The molecule has 0 aromatic rings. The molecule has 0 radical (unpaired) electrons. The van der Waals surface area contributed by atoms with E-state index in [4.69, 9.17) is 4.74 Å². The number of hydrogen-bond donors (Lipinski definition) is 3. The minimum absolute atomic E-state index is 0.0123. The zero-order valence-electron chi connectivity index (χ0n) is 64.0. The lowest BCUT2D eigenvalue weighted by Gasteiger charge is -2.22. The Hall–Kier alpha value is -1.92. The van der Waals surface area contributed by atoms with Crippen LogP contribution in [0.1, 0.15) is 489 Å². The summed E-state index contributed by atoms with van der Waals surface area (Å²) in [7, 11) is 0. The van der Waals surface area contributed by atoms with E-state index >= 15 is 0 Å². The number of unbranched alkanes of at least 4 members (excludes halogenated alkanes) is 65. The van der Waals surface area contributed by atoms with Crippen molar-refractivity contribution in [3.63, 3.8) is 0 Å². The normalized spacial score (nSPS) is 12.6. The molecule has 6 heteroatoms. The molecule has 0 aliphatic heterocycles. The highest BCUT2D eigenvalue weighted by atomic mass is 16.5. The molecule has 0 saturated carbocycles. The van der Waals surface area contributed by atoms with Crippen LogP contribution in [0.25, 0.3) is 0 Å². The minimum atomic E-state index is -0.664. The summed E-state index contributed by atoms with van der Waals surface area (Å²) in [5, 5.41) is 23.5. The molecule has 0 aliphatic carbocycles. The monoisotopic (exact) mass is 1320 g/mol. The first-order valence-electron chi connectivity index (χ1n) is 43.2. The van der Waals surface area contributed by atoms with E-state index in [1.165, 1.54) is 405 Å². The Balaban J connectivity index is 3.36. The van der Waals surface area contributed by atoms with Gasteiger partial charge in [0, 0.05) is 12.8 Å². The second-order valence-electron chi connectivity index (χ2n) is 29.9. The van der Waals surface area contributed by atoms with E-state index < -0.39 is 12.1 Å². The first kappa shape index (κ1) is 92.1. The lowest BCUT2D eigenvalue weighted by atomic mass is 10.0. The summed E-state index contributed by atoms with van der Waals surface area (Å²) in [5.41, 5.74) is 0. The smallest absolute Gasteiger partial charge is 0.305 e. The summed E-state index contributed by atoms with van der Waals surface area (Å²) in [6.07, 6.45) is 110. The number of allylic oxidation sites excluding steroid dienone is 6. The highest BCUT2D eigenvalue weighted by molar-refractivity contribution is 5.76. The first-order valence-corrected chi connectivity index (χ1v) is 43.2. The number of aliphatic hydroxyl groups is 2. The molecule has 0 fully saturated rings. The Labute approximate surface area is 589 Å². The van der Waals surface area contributed by atoms with Crippen LogP contribution in [0.5, 0.6) is 0 Å². The summed E-state index contributed by atoms with van der Waals surface area (Å²) in [5.74, 6) is -0.0140. The van der Waals surface area contributed by atoms with Crippen LogP contribution in [-0.2, 0) is 14.3 Å². The molecule has 2 atom stereocenters. The summed E-state index contributed by atoms with van der Waals surface area (Å²) in [4.78, 5) is 24.7. The van der Waals surface area contributed by atoms with Crippen molar-refractivity contribution in [2.75, 3.05) is 13.2 Å². The van der Waals surface area contributed by atoms with Gasteiger partial charge in [-0.05, 0) is 83.5 Å². The van der Waals surface area contributed by atoms with Crippen molar-refractivity contribution in [3.8, 4) is 0 Å². The van der Waals surface area contributed by atoms with Gasteiger partial charge in [0.15, 0.2) is 0 Å². The summed E-state index contributed by atoms with van der Waals surface area (Å²) >= 11 is 0. The third-order valence-electron chi connectivity index (χ3n) is 20.4. The Morgan fingerprint density at radius 3 is 0.819 bits per heavy atom. The van der Waals surface area contributed by atoms with E-state index in [1.807, 2.05) is 0 Å². The molecule has 94 heavy (non-hydrogen) atoms. The number of nitrogens with one attached hydrogen (secondary N) is 1. The average molecular weight is 1320 g/mol. The molecule has 0 aliphatic rings. The number of rotatable bonds is 82. The molecule has 0 bridgehead atoms. The van der Waals surface area contributed by atoms with E-state index in [0.29, 0.717) is 25.9 Å². The minimum Gasteiger partial charge on any atom is -0.466 e. The standard InChI is InChI=1S/C88H169NO5/c1-3-5-7-9-11-13-15-17-19-21-22-23-24-40-43-46-49-52-56-60-64-68-72-76-80-86(91)85(84-90)89-87(92)81-77-73-69-65-61-57-53-50-47-44-41-38-36-34-32-30-28-26-25-27-29-31-33-35-37-39-42-45-48-51-55-59-63-67-71-75-79-83-94-88(93)82-78-74-70-66-62-58-54-20-18-16-14-12-10-8-6-4-2/h20,25,27,31,33,54,85-86,90-91H,3-19,21-24,26,28-30,32,34-53,55-84H2,1-2H3,(H,89,92)/b27-25-,33-31-,54-20-. The molecule has 0 rings (SSSR count).